The second kappa shape index (κ2) is 8.48. The number of hydrogen-bond acceptors (Lipinski definition) is 4. The van der Waals surface area contributed by atoms with Gasteiger partial charge in [-0.05, 0) is 11.8 Å². The first-order chi connectivity index (χ1) is 11.3. The Morgan fingerprint density at radius 2 is 2.12 bits per heavy atom. The molecular formula is C16H25ClN4O3. The number of hydrogen-bond donors (Lipinski definition) is 2. The van der Waals surface area contributed by atoms with Gasteiger partial charge in [-0.15, -0.1) is 0 Å². The van der Waals surface area contributed by atoms with Crippen molar-refractivity contribution in [2.45, 2.75) is 39.3 Å². The SMILES string of the molecule is CC(C)[C@@H]1CN(CCC(=O)O)C[C@H]1NC(=O)CCn1cc(Cl)cn1. The minimum atomic E-state index is -0.790. The van der Waals surface area contributed by atoms with Crippen molar-refractivity contribution in [2.75, 3.05) is 19.6 Å². The van der Waals surface area contributed by atoms with Gasteiger partial charge in [-0.3, -0.25) is 14.3 Å². The number of rotatable bonds is 8. The van der Waals surface area contributed by atoms with Crippen molar-refractivity contribution in [1.82, 2.24) is 20.0 Å². The van der Waals surface area contributed by atoms with Crippen molar-refractivity contribution in [2.24, 2.45) is 11.8 Å². The summed E-state index contributed by atoms with van der Waals surface area (Å²) >= 11 is 5.80. The van der Waals surface area contributed by atoms with Gasteiger partial charge in [0.15, 0.2) is 0 Å². The topological polar surface area (TPSA) is 87.5 Å². The summed E-state index contributed by atoms with van der Waals surface area (Å²) < 4.78 is 1.65. The van der Waals surface area contributed by atoms with Crippen LogP contribution in [-0.2, 0) is 16.1 Å². The van der Waals surface area contributed by atoms with Gasteiger partial charge in [0.1, 0.15) is 0 Å². The zero-order chi connectivity index (χ0) is 17.7. The van der Waals surface area contributed by atoms with Crippen LogP contribution in [0.15, 0.2) is 12.4 Å². The third kappa shape index (κ3) is 5.49. The molecule has 1 amide bonds. The molecule has 2 atom stereocenters. The molecule has 0 saturated carbocycles. The number of nitrogens with one attached hydrogen (secondary N) is 1. The fourth-order valence-electron chi connectivity index (χ4n) is 3.13. The maximum absolute atomic E-state index is 12.2. The van der Waals surface area contributed by atoms with E-state index in [0.717, 1.165) is 6.54 Å². The minimum Gasteiger partial charge on any atom is -0.481 e. The fraction of sp³-hybridized carbons (Fsp3) is 0.688. The molecule has 2 rings (SSSR count). The molecule has 0 spiro atoms. The second-order valence-electron chi connectivity index (χ2n) is 6.66. The number of aliphatic carboxylic acids is 1. The van der Waals surface area contributed by atoms with Crippen molar-refractivity contribution < 1.29 is 14.7 Å². The molecule has 8 heteroatoms. The maximum atomic E-state index is 12.2. The lowest BCUT2D eigenvalue weighted by atomic mass is 9.91. The first kappa shape index (κ1) is 18.7. The fourth-order valence-corrected chi connectivity index (χ4v) is 3.29. The molecule has 1 aliphatic heterocycles. The van der Waals surface area contributed by atoms with E-state index in [9.17, 15) is 9.59 Å². The van der Waals surface area contributed by atoms with Crippen LogP contribution in [0.25, 0.3) is 0 Å². The number of carboxylic acids is 1. The van der Waals surface area contributed by atoms with E-state index in [2.05, 4.69) is 29.2 Å². The Bertz CT molecular complexity index is 575. The van der Waals surface area contributed by atoms with Crippen LogP contribution in [0, 0.1) is 11.8 Å². The van der Waals surface area contributed by atoms with Crippen molar-refractivity contribution in [1.29, 1.82) is 0 Å². The van der Waals surface area contributed by atoms with E-state index in [1.165, 1.54) is 0 Å². The van der Waals surface area contributed by atoms with E-state index in [0.29, 0.717) is 42.9 Å². The molecule has 2 heterocycles. The van der Waals surface area contributed by atoms with E-state index < -0.39 is 5.97 Å². The van der Waals surface area contributed by atoms with Gasteiger partial charge >= 0.3 is 5.97 Å². The van der Waals surface area contributed by atoms with Crippen LogP contribution in [-0.4, -0.2) is 57.3 Å². The highest BCUT2D eigenvalue weighted by atomic mass is 35.5. The molecule has 134 valence electrons. The standard InChI is InChI=1S/C16H25ClN4O3/c1-11(2)13-9-20(5-4-16(23)24)10-14(13)19-15(22)3-6-21-8-12(17)7-18-21/h7-8,11,13-14H,3-6,9-10H2,1-2H3,(H,19,22)(H,23,24)/t13-,14+/m0/s1. The van der Waals surface area contributed by atoms with Crippen LogP contribution in [0.1, 0.15) is 26.7 Å². The summed E-state index contributed by atoms with van der Waals surface area (Å²) in [5, 5.41) is 16.5. The van der Waals surface area contributed by atoms with Gasteiger partial charge in [-0.25, -0.2) is 0 Å². The molecule has 24 heavy (non-hydrogen) atoms. The number of carboxylic acid groups (broad SMARTS) is 1. The van der Waals surface area contributed by atoms with Crippen molar-refractivity contribution >= 4 is 23.5 Å². The zero-order valence-electron chi connectivity index (χ0n) is 14.1. The highest BCUT2D eigenvalue weighted by molar-refractivity contribution is 6.30. The van der Waals surface area contributed by atoms with Gasteiger partial charge in [-0.1, -0.05) is 25.4 Å². The summed E-state index contributed by atoms with van der Waals surface area (Å²) in [6.45, 7) is 6.81. The van der Waals surface area contributed by atoms with E-state index in [4.69, 9.17) is 16.7 Å². The average Bonchev–Trinajstić information content (AvgIpc) is 3.09. The van der Waals surface area contributed by atoms with Crippen LogP contribution in [0.4, 0.5) is 0 Å². The van der Waals surface area contributed by atoms with Crippen LogP contribution in [0.2, 0.25) is 5.02 Å². The Morgan fingerprint density at radius 3 is 2.71 bits per heavy atom. The molecule has 0 radical (unpaired) electrons. The molecule has 0 bridgehead atoms. The van der Waals surface area contributed by atoms with E-state index in [1.54, 1.807) is 17.1 Å². The normalized spacial score (nSPS) is 21.3. The summed E-state index contributed by atoms with van der Waals surface area (Å²) in [4.78, 5) is 25.1. The minimum absolute atomic E-state index is 0.0163. The smallest absolute Gasteiger partial charge is 0.304 e. The Morgan fingerprint density at radius 1 is 1.38 bits per heavy atom. The molecule has 1 aromatic rings. The Balaban J connectivity index is 1.83. The highest BCUT2D eigenvalue weighted by Crippen LogP contribution is 2.24. The van der Waals surface area contributed by atoms with Gasteiger partial charge in [0.2, 0.25) is 5.91 Å². The Hall–Kier alpha value is -1.60. The lowest BCUT2D eigenvalue weighted by molar-refractivity contribution is -0.137. The molecule has 1 fully saturated rings. The number of halogens is 1. The monoisotopic (exact) mass is 356 g/mol. The van der Waals surface area contributed by atoms with Gasteiger partial charge in [0.25, 0.3) is 0 Å². The molecule has 1 aliphatic rings. The number of carbonyl (C=O) groups is 2. The van der Waals surface area contributed by atoms with Crippen molar-refractivity contribution in [3.05, 3.63) is 17.4 Å². The molecule has 7 nitrogen and oxygen atoms in total. The molecule has 0 unspecified atom stereocenters. The van der Waals surface area contributed by atoms with E-state index in [-0.39, 0.29) is 18.4 Å². The Kier molecular flexibility index (Phi) is 6.62. The summed E-state index contributed by atoms with van der Waals surface area (Å²) in [5.74, 6) is -0.0456. The van der Waals surface area contributed by atoms with Crippen LogP contribution < -0.4 is 5.32 Å². The summed E-state index contributed by atoms with van der Waals surface area (Å²) in [7, 11) is 0. The molecule has 1 aromatic heterocycles. The first-order valence-electron chi connectivity index (χ1n) is 8.26. The van der Waals surface area contributed by atoms with Crippen molar-refractivity contribution in [3.63, 3.8) is 0 Å². The summed E-state index contributed by atoms with van der Waals surface area (Å²) in [6, 6.07) is 0.0625. The Labute approximate surface area is 147 Å². The zero-order valence-corrected chi connectivity index (χ0v) is 14.9. The van der Waals surface area contributed by atoms with Gasteiger partial charge in [0.05, 0.1) is 17.6 Å². The number of carbonyl (C=O) groups excluding carboxylic acids is 1. The maximum Gasteiger partial charge on any atom is 0.304 e. The molecule has 0 aliphatic carbocycles. The average molecular weight is 357 g/mol. The molecule has 2 N–H and O–H groups in total. The van der Waals surface area contributed by atoms with Crippen LogP contribution in [0.5, 0.6) is 0 Å². The van der Waals surface area contributed by atoms with Crippen molar-refractivity contribution in [3.8, 4) is 0 Å². The lowest BCUT2D eigenvalue weighted by Crippen LogP contribution is -2.42. The summed E-state index contributed by atoms with van der Waals surface area (Å²) in [6.07, 6.45) is 3.71. The largest absolute Gasteiger partial charge is 0.481 e. The third-order valence-corrected chi connectivity index (χ3v) is 4.65. The molecular weight excluding hydrogens is 332 g/mol. The second-order valence-corrected chi connectivity index (χ2v) is 7.09. The first-order valence-corrected chi connectivity index (χ1v) is 8.64. The van der Waals surface area contributed by atoms with Gasteiger partial charge < -0.3 is 15.3 Å². The van der Waals surface area contributed by atoms with Crippen LogP contribution in [0.3, 0.4) is 0 Å². The highest BCUT2D eigenvalue weighted by Gasteiger charge is 2.35. The number of likely N-dealkylation sites (tertiary alicyclic amines) is 1. The number of aryl methyl sites for hydroxylation is 1. The number of amides is 1. The number of nitrogens with zero attached hydrogens (tertiary/aromatic N) is 3. The van der Waals surface area contributed by atoms with E-state index in [1.807, 2.05) is 0 Å². The third-order valence-electron chi connectivity index (χ3n) is 4.46. The van der Waals surface area contributed by atoms with E-state index >= 15 is 0 Å². The quantitative estimate of drug-likeness (QED) is 0.736. The molecule has 0 aromatic carbocycles. The van der Waals surface area contributed by atoms with Gasteiger partial charge in [0, 0.05) is 44.8 Å². The predicted octanol–water partition coefficient (Wildman–Crippen LogP) is 1.47. The van der Waals surface area contributed by atoms with Crippen LogP contribution >= 0.6 is 11.6 Å². The molecule has 1 saturated heterocycles. The summed E-state index contributed by atoms with van der Waals surface area (Å²) in [5.41, 5.74) is 0. The lowest BCUT2D eigenvalue weighted by Gasteiger charge is -2.23. The number of aromatic nitrogens is 2. The predicted molar refractivity (Wildman–Crippen MR) is 90.8 cm³/mol. The van der Waals surface area contributed by atoms with Gasteiger partial charge in [-0.2, -0.15) is 5.10 Å².